The summed E-state index contributed by atoms with van der Waals surface area (Å²) in [6.07, 6.45) is -2.64. The van der Waals surface area contributed by atoms with Crippen LogP contribution in [0.5, 0.6) is 5.75 Å². The fourth-order valence-corrected chi connectivity index (χ4v) is 5.11. The first-order valence-electron chi connectivity index (χ1n) is 12.8. The smallest absolute Gasteiger partial charge is 0.416 e. The molecule has 1 aliphatic carbocycles. The van der Waals surface area contributed by atoms with Crippen LogP contribution in [0.3, 0.4) is 0 Å². The van der Waals surface area contributed by atoms with E-state index in [0.29, 0.717) is 28.4 Å². The number of halogens is 3. The van der Waals surface area contributed by atoms with Crippen molar-refractivity contribution >= 4 is 11.6 Å². The second-order valence-corrected chi connectivity index (χ2v) is 9.84. The van der Waals surface area contributed by atoms with E-state index in [4.69, 9.17) is 4.74 Å². The number of methoxy groups -OCH3 is 1. The molecule has 5 rings (SSSR count). The minimum atomic E-state index is -4.41. The SMILES string of the molecule is COc1ccc(CN[C@H]2Cc3ccc(NC(=O)c4cccc(C)c4-c4ccc(C(F)(F)F)cc4)cc3C2)cc1. The lowest BCUT2D eigenvalue weighted by Gasteiger charge is -2.15. The second kappa shape index (κ2) is 10.9. The second-order valence-electron chi connectivity index (χ2n) is 9.84. The van der Waals surface area contributed by atoms with Crippen molar-refractivity contribution in [3.05, 3.63) is 118 Å². The molecule has 0 fully saturated rings. The van der Waals surface area contributed by atoms with Gasteiger partial charge in [-0.2, -0.15) is 13.2 Å². The number of amides is 1. The maximum Gasteiger partial charge on any atom is 0.416 e. The van der Waals surface area contributed by atoms with Gasteiger partial charge in [0.2, 0.25) is 0 Å². The van der Waals surface area contributed by atoms with Crippen LogP contribution in [-0.4, -0.2) is 19.1 Å². The lowest BCUT2D eigenvalue weighted by molar-refractivity contribution is -0.137. The zero-order valence-corrected chi connectivity index (χ0v) is 21.7. The Morgan fingerprint density at radius 1 is 0.923 bits per heavy atom. The minimum Gasteiger partial charge on any atom is -0.497 e. The van der Waals surface area contributed by atoms with Crippen molar-refractivity contribution in [3.8, 4) is 16.9 Å². The van der Waals surface area contributed by atoms with E-state index in [9.17, 15) is 18.0 Å². The van der Waals surface area contributed by atoms with Crippen molar-refractivity contribution in [1.29, 1.82) is 0 Å². The number of hydrogen-bond acceptors (Lipinski definition) is 3. The van der Waals surface area contributed by atoms with Crippen molar-refractivity contribution in [2.75, 3.05) is 12.4 Å². The van der Waals surface area contributed by atoms with Crippen LogP contribution in [0.2, 0.25) is 0 Å². The molecule has 4 aromatic carbocycles. The maximum absolute atomic E-state index is 13.3. The molecule has 0 radical (unpaired) electrons. The summed E-state index contributed by atoms with van der Waals surface area (Å²) in [6.45, 7) is 2.60. The van der Waals surface area contributed by atoms with Gasteiger partial charge in [-0.1, -0.05) is 42.5 Å². The summed E-state index contributed by atoms with van der Waals surface area (Å²) < 4.78 is 44.4. The fraction of sp³-hybridized carbons (Fsp3) is 0.219. The average Bonchev–Trinajstić information content (AvgIpc) is 3.34. The first-order chi connectivity index (χ1) is 18.7. The Hall–Kier alpha value is -4.10. The average molecular weight is 531 g/mol. The van der Waals surface area contributed by atoms with Crippen LogP contribution in [0.4, 0.5) is 18.9 Å². The van der Waals surface area contributed by atoms with Gasteiger partial charge in [0.15, 0.2) is 0 Å². The Morgan fingerprint density at radius 2 is 1.64 bits per heavy atom. The van der Waals surface area contributed by atoms with E-state index in [2.05, 4.69) is 10.6 Å². The van der Waals surface area contributed by atoms with Crippen LogP contribution in [0, 0.1) is 6.92 Å². The molecule has 0 spiro atoms. The molecule has 7 heteroatoms. The number of rotatable bonds is 7. The third-order valence-corrected chi connectivity index (χ3v) is 7.17. The van der Waals surface area contributed by atoms with Crippen LogP contribution in [0.25, 0.3) is 11.1 Å². The van der Waals surface area contributed by atoms with Gasteiger partial charge in [-0.15, -0.1) is 0 Å². The topological polar surface area (TPSA) is 50.4 Å². The lowest BCUT2D eigenvalue weighted by Crippen LogP contribution is -2.28. The Bertz CT molecular complexity index is 1480. The van der Waals surface area contributed by atoms with Gasteiger partial charge in [-0.3, -0.25) is 4.79 Å². The first-order valence-corrected chi connectivity index (χ1v) is 12.8. The van der Waals surface area contributed by atoms with E-state index in [1.54, 1.807) is 19.2 Å². The van der Waals surface area contributed by atoms with E-state index >= 15 is 0 Å². The van der Waals surface area contributed by atoms with Crippen molar-refractivity contribution in [2.24, 2.45) is 0 Å². The Morgan fingerprint density at radius 3 is 2.33 bits per heavy atom. The lowest BCUT2D eigenvalue weighted by atomic mass is 9.93. The third-order valence-electron chi connectivity index (χ3n) is 7.17. The van der Waals surface area contributed by atoms with Gasteiger partial charge in [0.05, 0.1) is 12.7 Å². The third kappa shape index (κ3) is 5.99. The number of ether oxygens (including phenoxy) is 1. The number of carbonyl (C=O) groups is 1. The van der Waals surface area contributed by atoms with E-state index in [-0.39, 0.29) is 5.91 Å². The van der Waals surface area contributed by atoms with Gasteiger partial charge in [0.1, 0.15) is 5.75 Å². The molecule has 0 bridgehead atoms. The number of alkyl halides is 3. The summed E-state index contributed by atoms with van der Waals surface area (Å²) in [7, 11) is 1.65. The minimum absolute atomic E-state index is 0.302. The molecular formula is C32H29F3N2O2. The van der Waals surface area contributed by atoms with Crippen LogP contribution >= 0.6 is 0 Å². The standard InChI is InChI=1S/C32H29F3N2O2/c1-20-4-3-5-29(30(20)22-8-11-25(12-9-22)32(33,34)35)31(38)37-26-13-10-23-16-27(18-24(23)17-26)36-19-21-6-14-28(39-2)15-7-21/h3-15,17,27,36H,16,18-19H2,1-2H3,(H,37,38)/t27-/m0/s1. The molecule has 2 N–H and O–H groups in total. The van der Waals surface area contributed by atoms with Gasteiger partial charge >= 0.3 is 6.18 Å². The number of hydrogen-bond donors (Lipinski definition) is 2. The van der Waals surface area contributed by atoms with Crippen molar-refractivity contribution in [3.63, 3.8) is 0 Å². The summed E-state index contributed by atoms with van der Waals surface area (Å²) in [5, 5.41) is 6.61. The zero-order chi connectivity index (χ0) is 27.6. The molecule has 0 heterocycles. The van der Waals surface area contributed by atoms with Gasteiger partial charge in [0.25, 0.3) is 5.91 Å². The van der Waals surface area contributed by atoms with Crippen LogP contribution < -0.4 is 15.4 Å². The molecule has 0 saturated heterocycles. The van der Waals surface area contributed by atoms with Gasteiger partial charge in [0, 0.05) is 23.8 Å². The van der Waals surface area contributed by atoms with Crippen LogP contribution in [0.1, 0.15) is 38.2 Å². The van der Waals surface area contributed by atoms with Crippen molar-refractivity contribution in [1.82, 2.24) is 5.32 Å². The van der Waals surface area contributed by atoms with Crippen LogP contribution in [-0.2, 0) is 25.6 Å². The van der Waals surface area contributed by atoms with Crippen LogP contribution in [0.15, 0.2) is 84.9 Å². The Kier molecular flexibility index (Phi) is 7.44. The highest BCUT2D eigenvalue weighted by molar-refractivity contribution is 6.09. The van der Waals surface area contributed by atoms with Gasteiger partial charge in [-0.05, 0) is 95.6 Å². The summed E-state index contributed by atoms with van der Waals surface area (Å²) in [5.74, 6) is 0.527. The van der Waals surface area contributed by atoms with E-state index in [1.165, 1.54) is 28.8 Å². The monoisotopic (exact) mass is 530 g/mol. The predicted octanol–water partition coefficient (Wildman–Crippen LogP) is 7.20. The molecule has 39 heavy (non-hydrogen) atoms. The summed E-state index contributed by atoms with van der Waals surface area (Å²) >= 11 is 0. The fourth-order valence-electron chi connectivity index (χ4n) is 5.11. The Balaban J connectivity index is 1.28. The number of aryl methyl sites for hydroxylation is 1. The van der Waals surface area contributed by atoms with Gasteiger partial charge in [-0.25, -0.2) is 0 Å². The molecule has 1 amide bonds. The molecular weight excluding hydrogens is 501 g/mol. The summed E-state index contributed by atoms with van der Waals surface area (Å²) in [6, 6.07) is 24.5. The highest BCUT2D eigenvalue weighted by Crippen LogP contribution is 2.34. The number of anilines is 1. The molecule has 1 aliphatic rings. The van der Waals surface area contributed by atoms with E-state index < -0.39 is 11.7 Å². The molecule has 0 aromatic heterocycles. The van der Waals surface area contributed by atoms with Crippen molar-refractivity contribution in [2.45, 2.75) is 38.5 Å². The van der Waals surface area contributed by atoms with E-state index in [1.807, 2.05) is 55.5 Å². The highest BCUT2D eigenvalue weighted by atomic mass is 19.4. The van der Waals surface area contributed by atoms with Crippen molar-refractivity contribution < 1.29 is 22.7 Å². The number of carbonyl (C=O) groups excluding carboxylic acids is 1. The van der Waals surface area contributed by atoms with Gasteiger partial charge < -0.3 is 15.4 Å². The zero-order valence-electron chi connectivity index (χ0n) is 21.7. The molecule has 0 unspecified atom stereocenters. The molecule has 4 aromatic rings. The summed E-state index contributed by atoms with van der Waals surface area (Å²) in [5.41, 5.74) is 5.99. The highest BCUT2D eigenvalue weighted by Gasteiger charge is 2.30. The summed E-state index contributed by atoms with van der Waals surface area (Å²) in [4.78, 5) is 13.3. The molecule has 0 saturated carbocycles. The first kappa shape index (κ1) is 26.5. The quantitative estimate of drug-likeness (QED) is 0.266. The normalized spacial score (nSPS) is 14.6. The maximum atomic E-state index is 13.3. The number of fused-ring (bicyclic) bond motifs is 1. The largest absolute Gasteiger partial charge is 0.497 e. The molecule has 1 atom stereocenters. The van der Waals surface area contributed by atoms with E-state index in [0.717, 1.165) is 42.8 Å². The predicted molar refractivity (Wildman–Crippen MR) is 147 cm³/mol. The number of nitrogens with one attached hydrogen (secondary N) is 2. The molecule has 200 valence electrons. The Labute approximate surface area is 225 Å². The number of benzene rings is 4. The molecule has 4 nitrogen and oxygen atoms in total. The molecule has 0 aliphatic heterocycles.